The normalized spacial score (nSPS) is 20.8. The molecule has 118 valence electrons. The molecular formula is C12H17ClN2O4S2. The fourth-order valence-electron chi connectivity index (χ4n) is 2.26. The van der Waals surface area contributed by atoms with Gasteiger partial charge in [0.2, 0.25) is 10.0 Å². The van der Waals surface area contributed by atoms with Crippen molar-refractivity contribution in [3.8, 4) is 0 Å². The number of sulfone groups is 1. The van der Waals surface area contributed by atoms with Crippen LogP contribution in [0.15, 0.2) is 28.0 Å². The molecule has 0 aromatic heterocycles. The second-order valence-corrected chi connectivity index (χ2v) is 9.45. The minimum absolute atomic E-state index is 0.0126. The van der Waals surface area contributed by atoms with Crippen molar-refractivity contribution in [2.24, 2.45) is 11.7 Å². The van der Waals surface area contributed by atoms with Crippen molar-refractivity contribution < 1.29 is 16.8 Å². The molecule has 1 heterocycles. The molecule has 1 aromatic carbocycles. The Labute approximate surface area is 129 Å². The lowest BCUT2D eigenvalue weighted by atomic mass is 10.1. The van der Waals surface area contributed by atoms with Crippen LogP contribution in [0, 0.1) is 5.92 Å². The molecular weight excluding hydrogens is 336 g/mol. The molecule has 0 saturated carbocycles. The van der Waals surface area contributed by atoms with E-state index in [1.165, 1.54) is 16.4 Å². The van der Waals surface area contributed by atoms with Crippen molar-refractivity contribution in [1.29, 1.82) is 0 Å². The van der Waals surface area contributed by atoms with Gasteiger partial charge >= 0.3 is 0 Å². The Kier molecular flexibility index (Phi) is 4.65. The SMILES string of the molecule is CS(=O)(=O)c1ccc(Cl)c(S(=O)(=O)N2CC[C@@H](CN)C2)c1. The summed E-state index contributed by atoms with van der Waals surface area (Å²) < 4.78 is 49.7. The molecule has 1 aromatic rings. The third-order valence-electron chi connectivity index (χ3n) is 3.53. The van der Waals surface area contributed by atoms with Crippen LogP contribution in [0.25, 0.3) is 0 Å². The Hall–Kier alpha value is -0.670. The average molecular weight is 353 g/mol. The zero-order valence-corrected chi connectivity index (χ0v) is 13.9. The van der Waals surface area contributed by atoms with Crippen LogP contribution >= 0.6 is 11.6 Å². The molecule has 2 N–H and O–H groups in total. The summed E-state index contributed by atoms with van der Waals surface area (Å²) in [6.07, 6.45) is 1.71. The second-order valence-electron chi connectivity index (χ2n) is 5.12. The van der Waals surface area contributed by atoms with Crippen LogP contribution in [0.3, 0.4) is 0 Å². The first-order chi connectivity index (χ1) is 9.66. The fourth-order valence-corrected chi connectivity index (χ4v) is 5.01. The van der Waals surface area contributed by atoms with Gasteiger partial charge in [-0.3, -0.25) is 0 Å². The number of nitrogens with zero attached hydrogens (tertiary/aromatic N) is 1. The monoisotopic (exact) mass is 352 g/mol. The highest BCUT2D eigenvalue weighted by Gasteiger charge is 2.33. The first kappa shape index (κ1) is 16.7. The summed E-state index contributed by atoms with van der Waals surface area (Å²) in [7, 11) is -7.32. The van der Waals surface area contributed by atoms with Gasteiger partial charge in [-0.15, -0.1) is 0 Å². The summed E-state index contributed by atoms with van der Waals surface area (Å²) in [5.74, 6) is 0.122. The summed E-state index contributed by atoms with van der Waals surface area (Å²) >= 11 is 5.95. The lowest BCUT2D eigenvalue weighted by Gasteiger charge is -2.17. The summed E-state index contributed by atoms with van der Waals surface area (Å²) in [5.41, 5.74) is 5.56. The molecule has 6 nitrogen and oxygen atoms in total. The summed E-state index contributed by atoms with van der Waals surface area (Å²) in [6, 6.07) is 3.70. The zero-order chi connectivity index (χ0) is 15.8. The Morgan fingerprint density at radius 2 is 2.00 bits per heavy atom. The molecule has 0 spiro atoms. The molecule has 0 amide bonds. The number of rotatable bonds is 4. The third-order valence-corrected chi connectivity index (χ3v) is 6.99. The van der Waals surface area contributed by atoms with Gasteiger partial charge in [-0.25, -0.2) is 16.8 Å². The van der Waals surface area contributed by atoms with E-state index in [2.05, 4.69) is 0 Å². The maximum absolute atomic E-state index is 12.6. The molecule has 1 aliphatic rings. The molecule has 0 unspecified atom stereocenters. The highest BCUT2D eigenvalue weighted by Crippen LogP contribution is 2.30. The third kappa shape index (κ3) is 3.40. The van der Waals surface area contributed by atoms with Gasteiger partial charge < -0.3 is 5.73 Å². The zero-order valence-electron chi connectivity index (χ0n) is 11.5. The molecule has 21 heavy (non-hydrogen) atoms. The van der Waals surface area contributed by atoms with Crippen molar-refractivity contribution in [2.45, 2.75) is 16.2 Å². The van der Waals surface area contributed by atoms with Crippen molar-refractivity contribution in [3.05, 3.63) is 23.2 Å². The Morgan fingerprint density at radius 1 is 1.33 bits per heavy atom. The summed E-state index contributed by atoms with van der Waals surface area (Å²) in [4.78, 5) is -0.246. The minimum atomic E-state index is -3.81. The predicted octanol–water partition coefficient (Wildman–Crippen LogP) is 0.713. The maximum atomic E-state index is 12.6. The van der Waals surface area contributed by atoms with Crippen LogP contribution in [0.4, 0.5) is 0 Å². The predicted molar refractivity (Wildman–Crippen MR) is 80.5 cm³/mol. The standard InChI is InChI=1S/C12H17ClN2O4S2/c1-20(16,17)10-2-3-11(13)12(6-10)21(18,19)15-5-4-9(7-14)8-15/h2-3,6,9H,4-5,7-8,14H2,1H3/t9-/m0/s1. The van der Waals surface area contributed by atoms with E-state index in [1.807, 2.05) is 0 Å². The quantitative estimate of drug-likeness (QED) is 0.860. The Balaban J connectivity index is 2.45. The van der Waals surface area contributed by atoms with Crippen LogP contribution in [-0.4, -0.2) is 47.0 Å². The van der Waals surface area contributed by atoms with E-state index in [0.29, 0.717) is 26.1 Å². The number of nitrogens with two attached hydrogens (primary N) is 1. The summed E-state index contributed by atoms with van der Waals surface area (Å²) in [6.45, 7) is 1.12. The van der Waals surface area contributed by atoms with Gasteiger partial charge in [0.1, 0.15) is 4.90 Å². The molecule has 2 rings (SSSR count). The topological polar surface area (TPSA) is 97.5 Å². The van der Waals surface area contributed by atoms with Gasteiger partial charge in [0.05, 0.1) is 9.92 Å². The van der Waals surface area contributed by atoms with Crippen molar-refractivity contribution in [2.75, 3.05) is 25.9 Å². The number of sulfonamides is 1. The minimum Gasteiger partial charge on any atom is -0.330 e. The molecule has 0 aliphatic carbocycles. The average Bonchev–Trinajstić information content (AvgIpc) is 2.87. The van der Waals surface area contributed by atoms with Gasteiger partial charge in [0, 0.05) is 19.3 Å². The van der Waals surface area contributed by atoms with Gasteiger partial charge in [-0.05, 0) is 37.1 Å². The van der Waals surface area contributed by atoms with E-state index in [4.69, 9.17) is 17.3 Å². The first-order valence-electron chi connectivity index (χ1n) is 6.36. The van der Waals surface area contributed by atoms with Crippen LogP contribution in [-0.2, 0) is 19.9 Å². The number of hydrogen-bond acceptors (Lipinski definition) is 5. The Bertz CT molecular complexity index is 747. The summed E-state index contributed by atoms with van der Waals surface area (Å²) in [5, 5.41) is 0.0126. The lowest BCUT2D eigenvalue weighted by molar-refractivity contribution is 0.459. The van der Waals surface area contributed by atoms with Crippen molar-refractivity contribution >= 4 is 31.5 Å². The van der Waals surface area contributed by atoms with E-state index in [0.717, 1.165) is 12.3 Å². The van der Waals surface area contributed by atoms with E-state index in [1.54, 1.807) is 0 Å². The van der Waals surface area contributed by atoms with Crippen LogP contribution < -0.4 is 5.73 Å². The van der Waals surface area contributed by atoms with Crippen molar-refractivity contribution in [3.63, 3.8) is 0 Å². The van der Waals surface area contributed by atoms with Gasteiger partial charge in [-0.1, -0.05) is 11.6 Å². The molecule has 9 heteroatoms. The highest BCUT2D eigenvalue weighted by atomic mass is 35.5. The number of hydrogen-bond donors (Lipinski definition) is 1. The molecule has 0 bridgehead atoms. The van der Waals surface area contributed by atoms with E-state index < -0.39 is 19.9 Å². The molecule has 1 atom stereocenters. The van der Waals surface area contributed by atoms with Crippen LogP contribution in [0.1, 0.15) is 6.42 Å². The number of benzene rings is 1. The van der Waals surface area contributed by atoms with E-state index in [-0.39, 0.29) is 20.7 Å². The molecule has 1 saturated heterocycles. The van der Waals surface area contributed by atoms with E-state index >= 15 is 0 Å². The maximum Gasteiger partial charge on any atom is 0.244 e. The van der Waals surface area contributed by atoms with Gasteiger partial charge in [0.15, 0.2) is 9.84 Å². The largest absolute Gasteiger partial charge is 0.330 e. The van der Waals surface area contributed by atoms with Crippen LogP contribution in [0.5, 0.6) is 0 Å². The Morgan fingerprint density at radius 3 is 2.52 bits per heavy atom. The fraction of sp³-hybridized carbons (Fsp3) is 0.500. The second kappa shape index (κ2) is 5.85. The van der Waals surface area contributed by atoms with E-state index in [9.17, 15) is 16.8 Å². The smallest absolute Gasteiger partial charge is 0.244 e. The molecule has 1 aliphatic heterocycles. The number of halogens is 1. The first-order valence-corrected chi connectivity index (χ1v) is 10.1. The van der Waals surface area contributed by atoms with Gasteiger partial charge in [0.25, 0.3) is 0 Å². The lowest BCUT2D eigenvalue weighted by Crippen LogP contribution is -2.30. The molecule has 1 fully saturated rings. The highest BCUT2D eigenvalue weighted by molar-refractivity contribution is 7.91. The molecule has 0 radical (unpaired) electrons. The van der Waals surface area contributed by atoms with Crippen molar-refractivity contribution in [1.82, 2.24) is 4.31 Å². The van der Waals surface area contributed by atoms with Gasteiger partial charge in [-0.2, -0.15) is 4.31 Å². The van der Waals surface area contributed by atoms with Crippen LogP contribution in [0.2, 0.25) is 5.02 Å².